The molecule has 0 fully saturated rings. The first-order valence-electron chi connectivity index (χ1n) is 7.30. The number of rotatable bonds is 4. The number of hydrogen-bond donors (Lipinski definition) is 1. The number of nitrogens with two attached hydrogens (primary N) is 1. The third kappa shape index (κ3) is 3.21. The van der Waals surface area contributed by atoms with E-state index in [1.807, 2.05) is 6.07 Å². The lowest BCUT2D eigenvalue weighted by Crippen LogP contribution is -2.20. The van der Waals surface area contributed by atoms with Crippen LogP contribution in [0.3, 0.4) is 0 Å². The van der Waals surface area contributed by atoms with Crippen molar-refractivity contribution < 1.29 is 9.47 Å². The molecule has 1 heterocycles. The van der Waals surface area contributed by atoms with E-state index in [1.165, 1.54) is 0 Å². The molecule has 19 heavy (non-hydrogen) atoms. The van der Waals surface area contributed by atoms with Gasteiger partial charge in [-0.1, -0.05) is 39.7 Å². The Balaban J connectivity index is 2.21. The predicted molar refractivity (Wildman–Crippen MR) is 77.6 cm³/mol. The minimum atomic E-state index is 0.0737. The Hall–Kier alpha value is -1.22. The van der Waals surface area contributed by atoms with Crippen LogP contribution in [0.4, 0.5) is 0 Å². The van der Waals surface area contributed by atoms with Gasteiger partial charge < -0.3 is 15.2 Å². The molecule has 106 valence electrons. The van der Waals surface area contributed by atoms with E-state index in [2.05, 4.69) is 32.9 Å². The van der Waals surface area contributed by atoms with Gasteiger partial charge in [0.25, 0.3) is 0 Å². The van der Waals surface area contributed by atoms with E-state index >= 15 is 0 Å². The molecule has 1 aliphatic heterocycles. The zero-order valence-corrected chi connectivity index (χ0v) is 12.2. The number of benzene rings is 1. The summed E-state index contributed by atoms with van der Waals surface area (Å²) in [5.74, 6) is 2.61. The molecule has 1 aliphatic rings. The zero-order valence-electron chi connectivity index (χ0n) is 12.2. The van der Waals surface area contributed by atoms with Gasteiger partial charge >= 0.3 is 0 Å². The van der Waals surface area contributed by atoms with Crippen LogP contribution in [0.2, 0.25) is 0 Å². The van der Waals surface area contributed by atoms with Crippen LogP contribution in [0.1, 0.15) is 45.2 Å². The molecule has 0 bridgehead atoms. The number of hydrogen-bond acceptors (Lipinski definition) is 3. The maximum absolute atomic E-state index is 6.36. The van der Waals surface area contributed by atoms with Gasteiger partial charge in [0.05, 0.1) is 13.2 Å². The van der Waals surface area contributed by atoms with Gasteiger partial charge in [-0.15, -0.1) is 0 Å². The fourth-order valence-corrected chi connectivity index (χ4v) is 2.54. The molecule has 0 spiro atoms. The molecule has 2 unspecified atom stereocenters. The van der Waals surface area contributed by atoms with Crippen molar-refractivity contribution in [2.24, 2.45) is 17.6 Å². The van der Waals surface area contributed by atoms with Crippen molar-refractivity contribution in [2.75, 3.05) is 13.2 Å². The fourth-order valence-electron chi connectivity index (χ4n) is 2.54. The molecule has 0 saturated heterocycles. The number of fused-ring (bicyclic) bond motifs is 1. The molecule has 3 heteroatoms. The van der Waals surface area contributed by atoms with Crippen molar-refractivity contribution >= 4 is 0 Å². The third-order valence-corrected chi connectivity index (χ3v) is 3.96. The standard InChI is InChI=1S/C16H25NO2/c1-4-12(5-2)16(17)13-6-7-14-15(8-13)19-10-11(3)9-18-14/h6-8,11-12,16H,4-5,9-10,17H2,1-3H3. The molecule has 2 rings (SSSR count). The summed E-state index contributed by atoms with van der Waals surface area (Å²) >= 11 is 0. The van der Waals surface area contributed by atoms with Crippen molar-refractivity contribution in [1.82, 2.24) is 0 Å². The van der Waals surface area contributed by atoms with Gasteiger partial charge in [0.2, 0.25) is 0 Å². The van der Waals surface area contributed by atoms with Crippen LogP contribution in [-0.4, -0.2) is 13.2 Å². The van der Waals surface area contributed by atoms with Crippen LogP contribution in [0.15, 0.2) is 18.2 Å². The lowest BCUT2D eigenvalue weighted by molar-refractivity contribution is 0.228. The van der Waals surface area contributed by atoms with Crippen molar-refractivity contribution in [3.8, 4) is 11.5 Å². The summed E-state index contributed by atoms with van der Waals surface area (Å²) in [5, 5.41) is 0. The highest BCUT2D eigenvalue weighted by Crippen LogP contribution is 2.35. The Morgan fingerprint density at radius 3 is 2.42 bits per heavy atom. The van der Waals surface area contributed by atoms with E-state index < -0.39 is 0 Å². The summed E-state index contributed by atoms with van der Waals surface area (Å²) in [6.07, 6.45) is 2.20. The molecule has 3 nitrogen and oxygen atoms in total. The Kier molecular flexibility index (Phi) is 4.70. The van der Waals surface area contributed by atoms with Crippen molar-refractivity contribution in [1.29, 1.82) is 0 Å². The zero-order chi connectivity index (χ0) is 13.8. The normalized spacial score (nSPS) is 20.2. The van der Waals surface area contributed by atoms with Crippen LogP contribution in [0.25, 0.3) is 0 Å². The van der Waals surface area contributed by atoms with Crippen molar-refractivity contribution in [2.45, 2.75) is 39.7 Å². The maximum atomic E-state index is 6.36. The van der Waals surface area contributed by atoms with E-state index in [1.54, 1.807) is 0 Å². The van der Waals surface area contributed by atoms with Crippen LogP contribution in [0, 0.1) is 11.8 Å². The monoisotopic (exact) mass is 263 g/mol. The fraction of sp³-hybridized carbons (Fsp3) is 0.625. The van der Waals surface area contributed by atoms with Gasteiger partial charge in [-0.2, -0.15) is 0 Å². The van der Waals surface area contributed by atoms with Gasteiger partial charge in [0.15, 0.2) is 11.5 Å². The Labute approximate surface area is 116 Å². The molecular formula is C16H25NO2. The highest BCUT2D eigenvalue weighted by molar-refractivity contribution is 5.44. The van der Waals surface area contributed by atoms with Gasteiger partial charge in [-0.3, -0.25) is 0 Å². The molecule has 1 aromatic rings. The van der Waals surface area contributed by atoms with E-state index in [-0.39, 0.29) is 6.04 Å². The topological polar surface area (TPSA) is 44.5 Å². The van der Waals surface area contributed by atoms with Crippen molar-refractivity contribution in [3.05, 3.63) is 23.8 Å². The van der Waals surface area contributed by atoms with E-state index in [0.717, 1.165) is 29.9 Å². The molecule has 2 atom stereocenters. The average molecular weight is 263 g/mol. The number of ether oxygens (including phenoxy) is 2. The van der Waals surface area contributed by atoms with Gasteiger partial charge in [-0.05, 0) is 23.6 Å². The first-order valence-corrected chi connectivity index (χ1v) is 7.30. The minimum absolute atomic E-state index is 0.0737. The second-order valence-electron chi connectivity index (χ2n) is 5.54. The summed E-state index contributed by atoms with van der Waals surface area (Å²) in [5.41, 5.74) is 7.51. The second-order valence-corrected chi connectivity index (χ2v) is 5.54. The molecule has 0 saturated carbocycles. The van der Waals surface area contributed by atoms with Crippen molar-refractivity contribution in [3.63, 3.8) is 0 Å². The molecule has 0 radical (unpaired) electrons. The summed E-state index contributed by atoms with van der Waals surface area (Å²) in [7, 11) is 0. The van der Waals surface area contributed by atoms with Gasteiger partial charge in [-0.25, -0.2) is 0 Å². The lowest BCUT2D eigenvalue weighted by Gasteiger charge is -2.22. The second kappa shape index (κ2) is 6.29. The van der Waals surface area contributed by atoms with E-state index in [4.69, 9.17) is 15.2 Å². The van der Waals surface area contributed by atoms with Gasteiger partial charge in [0, 0.05) is 12.0 Å². The Bertz CT molecular complexity index is 415. The summed E-state index contributed by atoms with van der Waals surface area (Å²) < 4.78 is 11.6. The molecular weight excluding hydrogens is 238 g/mol. The molecule has 2 N–H and O–H groups in total. The van der Waals surface area contributed by atoms with Crippen LogP contribution in [0.5, 0.6) is 11.5 Å². The molecule has 0 aromatic heterocycles. The highest BCUT2D eigenvalue weighted by Gasteiger charge is 2.20. The minimum Gasteiger partial charge on any atom is -0.489 e. The first kappa shape index (κ1) is 14.2. The van der Waals surface area contributed by atoms with Gasteiger partial charge in [0.1, 0.15) is 0 Å². The third-order valence-electron chi connectivity index (χ3n) is 3.96. The molecule has 0 aliphatic carbocycles. The maximum Gasteiger partial charge on any atom is 0.161 e. The lowest BCUT2D eigenvalue weighted by atomic mass is 9.89. The summed E-state index contributed by atoms with van der Waals surface area (Å²) in [6, 6.07) is 6.19. The smallest absolute Gasteiger partial charge is 0.161 e. The predicted octanol–water partition coefficient (Wildman–Crippen LogP) is 3.53. The van der Waals surface area contributed by atoms with Crippen LogP contribution >= 0.6 is 0 Å². The molecule has 0 amide bonds. The average Bonchev–Trinajstić information content (AvgIpc) is 2.62. The summed E-state index contributed by atoms with van der Waals surface area (Å²) in [6.45, 7) is 7.93. The summed E-state index contributed by atoms with van der Waals surface area (Å²) in [4.78, 5) is 0. The Morgan fingerprint density at radius 2 is 1.79 bits per heavy atom. The van der Waals surface area contributed by atoms with Crippen LogP contribution < -0.4 is 15.2 Å². The highest BCUT2D eigenvalue weighted by atomic mass is 16.5. The quantitative estimate of drug-likeness (QED) is 0.903. The largest absolute Gasteiger partial charge is 0.489 e. The van der Waals surface area contributed by atoms with E-state index in [9.17, 15) is 0 Å². The van der Waals surface area contributed by atoms with Crippen LogP contribution in [-0.2, 0) is 0 Å². The van der Waals surface area contributed by atoms with E-state index in [0.29, 0.717) is 25.0 Å². The molecule has 1 aromatic carbocycles. The first-order chi connectivity index (χ1) is 9.15. The SMILES string of the molecule is CCC(CC)C(N)c1ccc2c(c1)OCC(C)CO2. The Morgan fingerprint density at radius 1 is 1.16 bits per heavy atom.